The average Bonchev–Trinajstić information content (AvgIpc) is 2.73. The molecule has 2 aliphatic heterocycles. The van der Waals surface area contributed by atoms with Crippen molar-refractivity contribution in [3.8, 4) is 5.75 Å². The van der Waals surface area contributed by atoms with Gasteiger partial charge in [-0.05, 0) is 64.0 Å². The second-order valence-electron chi connectivity index (χ2n) is 7.12. The first-order chi connectivity index (χ1) is 11.4. The van der Waals surface area contributed by atoms with Crippen LogP contribution in [0.4, 0.5) is 0 Å². The number of ether oxygens (including phenoxy) is 1. The standard InChI is InChI=1S/C18H25NO4S/c1-19(2)9-10-23-15-5-3-13(4-6-15)18(20)14-11-16-7-8-17(12-14)24(16,21)22/h3-6,14,16-17H,7-12H2,1-2H3. The summed E-state index contributed by atoms with van der Waals surface area (Å²) in [5.41, 5.74) is 0.652. The van der Waals surface area contributed by atoms with Crippen LogP contribution in [0.5, 0.6) is 5.75 Å². The summed E-state index contributed by atoms with van der Waals surface area (Å²) in [7, 11) is 0.999. The van der Waals surface area contributed by atoms with E-state index in [-0.39, 0.29) is 22.2 Å². The third-order valence-electron chi connectivity index (χ3n) is 5.15. The van der Waals surface area contributed by atoms with Crippen molar-refractivity contribution in [3.63, 3.8) is 0 Å². The van der Waals surface area contributed by atoms with Crippen molar-refractivity contribution in [1.29, 1.82) is 0 Å². The van der Waals surface area contributed by atoms with Crippen LogP contribution >= 0.6 is 0 Å². The smallest absolute Gasteiger partial charge is 0.166 e. The fourth-order valence-corrected chi connectivity index (χ4v) is 6.19. The third kappa shape index (κ3) is 3.49. The number of ketones is 1. The molecule has 2 fully saturated rings. The topological polar surface area (TPSA) is 63.7 Å². The van der Waals surface area contributed by atoms with Crippen LogP contribution in [0.25, 0.3) is 0 Å². The van der Waals surface area contributed by atoms with Crippen LogP contribution in [-0.2, 0) is 9.84 Å². The first-order valence-electron chi connectivity index (χ1n) is 8.52. The van der Waals surface area contributed by atoms with E-state index in [1.54, 1.807) is 12.1 Å². The van der Waals surface area contributed by atoms with Gasteiger partial charge in [-0.3, -0.25) is 4.79 Å². The molecule has 2 atom stereocenters. The molecular formula is C18H25NO4S. The minimum Gasteiger partial charge on any atom is -0.492 e. The first kappa shape index (κ1) is 17.4. The van der Waals surface area contributed by atoms with Crippen molar-refractivity contribution in [2.24, 2.45) is 5.92 Å². The zero-order valence-corrected chi connectivity index (χ0v) is 15.1. The molecule has 1 aromatic rings. The van der Waals surface area contributed by atoms with E-state index in [1.165, 1.54) is 0 Å². The van der Waals surface area contributed by atoms with E-state index in [4.69, 9.17) is 4.74 Å². The lowest BCUT2D eigenvalue weighted by molar-refractivity contribution is 0.0905. The molecule has 0 radical (unpaired) electrons. The summed E-state index contributed by atoms with van der Waals surface area (Å²) in [4.78, 5) is 14.7. The molecule has 1 aromatic carbocycles. The summed E-state index contributed by atoms with van der Waals surface area (Å²) in [6.07, 6.45) is 2.41. The average molecular weight is 351 g/mol. The quantitative estimate of drug-likeness (QED) is 0.735. The Morgan fingerprint density at radius 3 is 2.25 bits per heavy atom. The van der Waals surface area contributed by atoms with Gasteiger partial charge in [-0.15, -0.1) is 0 Å². The van der Waals surface area contributed by atoms with E-state index in [1.807, 2.05) is 31.1 Å². The Hall–Kier alpha value is -1.40. The van der Waals surface area contributed by atoms with E-state index < -0.39 is 9.84 Å². The second kappa shape index (κ2) is 6.84. The van der Waals surface area contributed by atoms with Gasteiger partial charge in [-0.1, -0.05) is 0 Å². The van der Waals surface area contributed by atoms with Crippen molar-refractivity contribution in [2.45, 2.75) is 36.2 Å². The van der Waals surface area contributed by atoms with E-state index in [9.17, 15) is 13.2 Å². The van der Waals surface area contributed by atoms with Gasteiger partial charge in [0.25, 0.3) is 0 Å². The van der Waals surface area contributed by atoms with Crippen LogP contribution in [0.2, 0.25) is 0 Å². The molecule has 0 N–H and O–H groups in total. The molecule has 2 heterocycles. The van der Waals surface area contributed by atoms with Crippen LogP contribution < -0.4 is 4.74 Å². The van der Waals surface area contributed by atoms with Gasteiger partial charge in [0.05, 0.1) is 10.5 Å². The zero-order chi connectivity index (χ0) is 17.3. The Kier molecular flexibility index (Phi) is 4.97. The maximum Gasteiger partial charge on any atom is 0.166 e. The normalized spacial score (nSPS) is 28.0. The number of benzene rings is 1. The maximum absolute atomic E-state index is 12.7. The molecule has 0 amide bonds. The molecule has 2 saturated heterocycles. The number of hydrogen-bond donors (Lipinski definition) is 0. The number of sulfone groups is 1. The van der Waals surface area contributed by atoms with Crippen molar-refractivity contribution >= 4 is 15.6 Å². The van der Waals surface area contributed by atoms with Crippen LogP contribution in [0.3, 0.4) is 0 Å². The Morgan fingerprint density at radius 1 is 1.12 bits per heavy atom. The number of nitrogens with zero attached hydrogens (tertiary/aromatic N) is 1. The van der Waals surface area contributed by atoms with Crippen LogP contribution in [0.1, 0.15) is 36.0 Å². The van der Waals surface area contributed by atoms with Crippen molar-refractivity contribution in [1.82, 2.24) is 4.90 Å². The van der Waals surface area contributed by atoms with Gasteiger partial charge in [0.15, 0.2) is 15.6 Å². The molecule has 2 bridgehead atoms. The third-order valence-corrected chi connectivity index (χ3v) is 7.87. The molecular weight excluding hydrogens is 326 g/mol. The van der Waals surface area contributed by atoms with Gasteiger partial charge in [0.2, 0.25) is 0 Å². The highest BCUT2D eigenvalue weighted by atomic mass is 32.2. The number of carbonyl (C=O) groups excluding carboxylic acids is 1. The molecule has 0 aliphatic carbocycles. The van der Waals surface area contributed by atoms with Gasteiger partial charge in [-0.25, -0.2) is 8.42 Å². The molecule has 0 saturated carbocycles. The molecule has 2 aliphatic rings. The highest BCUT2D eigenvalue weighted by molar-refractivity contribution is 7.93. The summed E-state index contributed by atoms with van der Waals surface area (Å²) < 4.78 is 29.9. The molecule has 132 valence electrons. The van der Waals surface area contributed by atoms with Crippen molar-refractivity contribution in [2.75, 3.05) is 27.2 Å². The van der Waals surface area contributed by atoms with E-state index >= 15 is 0 Å². The number of Topliss-reactive ketones (excluding diaryl/α,β-unsaturated/α-hetero) is 1. The first-order valence-corrected chi connectivity index (χ1v) is 10.1. The number of carbonyl (C=O) groups is 1. The number of fused-ring (bicyclic) bond motifs is 2. The molecule has 2 unspecified atom stereocenters. The molecule has 0 spiro atoms. The number of hydrogen-bond acceptors (Lipinski definition) is 5. The Morgan fingerprint density at radius 2 is 1.71 bits per heavy atom. The van der Waals surface area contributed by atoms with Gasteiger partial charge in [0.1, 0.15) is 12.4 Å². The zero-order valence-electron chi connectivity index (χ0n) is 14.3. The van der Waals surface area contributed by atoms with E-state index in [2.05, 4.69) is 0 Å². The largest absolute Gasteiger partial charge is 0.492 e. The lowest BCUT2D eigenvalue weighted by atomic mass is 9.90. The molecule has 5 nitrogen and oxygen atoms in total. The fraction of sp³-hybridized carbons (Fsp3) is 0.611. The maximum atomic E-state index is 12.7. The summed E-state index contributed by atoms with van der Waals surface area (Å²) in [6, 6.07) is 7.21. The second-order valence-corrected chi connectivity index (χ2v) is 9.63. The molecule has 6 heteroatoms. The molecule has 24 heavy (non-hydrogen) atoms. The monoisotopic (exact) mass is 351 g/mol. The lowest BCUT2D eigenvalue weighted by Gasteiger charge is -2.27. The van der Waals surface area contributed by atoms with Crippen LogP contribution in [0.15, 0.2) is 24.3 Å². The highest BCUT2D eigenvalue weighted by Gasteiger charge is 2.48. The summed E-state index contributed by atoms with van der Waals surface area (Å²) in [6.45, 7) is 1.43. The Balaban J connectivity index is 1.62. The summed E-state index contributed by atoms with van der Waals surface area (Å²) in [5, 5.41) is -0.613. The van der Waals surface area contributed by atoms with E-state index in [0.717, 1.165) is 25.1 Å². The van der Waals surface area contributed by atoms with Crippen molar-refractivity contribution in [3.05, 3.63) is 29.8 Å². The van der Waals surface area contributed by atoms with Gasteiger partial charge < -0.3 is 9.64 Å². The predicted octanol–water partition coefficient (Wildman–Crippen LogP) is 2.17. The van der Waals surface area contributed by atoms with Gasteiger partial charge >= 0.3 is 0 Å². The van der Waals surface area contributed by atoms with Crippen LogP contribution in [0, 0.1) is 5.92 Å². The minimum absolute atomic E-state index is 0.0710. The Labute approximate surface area is 143 Å². The molecule has 0 aromatic heterocycles. The highest BCUT2D eigenvalue weighted by Crippen LogP contribution is 2.42. The van der Waals surface area contributed by atoms with Gasteiger partial charge in [-0.2, -0.15) is 0 Å². The minimum atomic E-state index is -2.98. The fourth-order valence-electron chi connectivity index (χ4n) is 3.72. The van der Waals surface area contributed by atoms with Crippen LogP contribution in [-0.4, -0.2) is 56.8 Å². The lowest BCUT2D eigenvalue weighted by Crippen LogP contribution is -2.36. The van der Waals surface area contributed by atoms with Crippen molar-refractivity contribution < 1.29 is 17.9 Å². The number of rotatable bonds is 6. The Bertz CT molecular complexity index is 676. The van der Waals surface area contributed by atoms with Gasteiger partial charge in [0, 0.05) is 18.0 Å². The summed E-state index contributed by atoms with van der Waals surface area (Å²) >= 11 is 0. The predicted molar refractivity (Wildman–Crippen MR) is 93.3 cm³/mol. The summed E-state index contributed by atoms with van der Waals surface area (Å²) in [5.74, 6) is 0.660. The van der Waals surface area contributed by atoms with E-state index in [0.29, 0.717) is 25.0 Å². The number of likely N-dealkylation sites (N-methyl/N-ethyl adjacent to an activating group) is 1. The molecule has 3 rings (SSSR count). The SMILES string of the molecule is CN(C)CCOc1ccc(C(=O)C2CC3CCC(C2)S3(=O)=O)cc1.